The van der Waals surface area contributed by atoms with Crippen LogP contribution in [0.25, 0.3) is 16.7 Å². The zero-order chi connectivity index (χ0) is 24.1. The minimum absolute atomic E-state index is 0.0545. The number of benzene rings is 3. The molecule has 0 unspecified atom stereocenters. The van der Waals surface area contributed by atoms with Crippen molar-refractivity contribution in [3.63, 3.8) is 0 Å². The number of nitrogens with one attached hydrogen (secondary N) is 1. The molecule has 2 N–H and O–H groups in total. The van der Waals surface area contributed by atoms with Gasteiger partial charge in [-0.15, -0.1) is 0 Å². The zero-order valence-corrected chi connectivity index (χ0v) is 19.1. The molecule has 0 saturated heterocycles. The lowest BCUT2D eigenvalue weighted by molar-refractivity contribution is -0.137. The second kappa shape index (κ2) is 8.30. The van der Waals surface area contributed by atoms with Gasteiger partial charge < -0.3 is 19.9 Å². The summed E-state index contributed by atoms with van der Waals surface area (Å²) in [6, 6.07) is 16.3. The van der Waals surface area contributed by atoms with Crippen LogP contribution in [-0.2, 0) is 11.2 Å². The quantitative estimate of drug-likeness (QED) is 0.399. The second-order valence-electron chi connectivity index (χ2n) is 8.91. The van der Waals surface area contributed by atoms with Gasteiger partial charge in [0.2, 0.25) is 0 Å². The van der Waals surface area contributed by atoms with E-state index >= 15 is 0 Å². The van der Waals surface area contributed by atoms with Crippen LogP contribution in [0.1, 0.15) is 42.3 Å². The fraction of sp³-hybridized carbons (Fsp3) is 0.259. The molecule has 4 aromatic rings. The first-order valence-electron chi connectivity index (χ1n) is 11.7. The van der Waals surface area contributed by atoms with Crippen molar-refractivity contribution >= 4 is 22.7 Å². The van der Waals surface area contributed by atoms with Crippen molar-refractivity contribution in [3.8, 4) is 17.2 Å². The van der Waals surface area contributed by atoms with E-state index < -0.39 is 5.97 Å². The molecule has 2 aliphatic heterocycles. The molecule has 0 radical (unpaired) electrons. The van der Waals surface area contributed by atoms with Crippen molar-refractivity contribution in [2.75, 3.05) is 18.5 Å². The molecule has 0 aliphatic carbocycles. The first kappa shape index (κ1) is 21.5. The molecule has 8 heteroatoms. The van der Waals surface area contributed by atoms with Crippen molar-refractivity contribution < 1.29 is 23.8 Å². The summed E-state index contributed by atoms with van der Waals surface area (Å²) < 4.78 is 28.0. The number of imidazole rings is 1. The molecule has 0 bridgehead atoms. The number of aryl methyl sites for hydroxylation is 1. The number of aromatic nitrogens is 2. The maximum Gasteiger partial charge on any atom is 0.304 e. The van der Waals surface area contributed by atoms with E-state index in [2.05, 4.69) is 5.32 Å². The number of hydrogen-bond donors (Lipinski definition) is 2. The molecule has 0 saturated carbocycles. The molecule has 7 nitrogen and oxygen atoms in total. The predicted molar refractivity (Wildman–Crippen MR) is 129 cm³/mol. The Labute approximate surface area is 201 Å². The molecule has 0 fully saturated rings. The molecule has 3 aromatic carbocycles. The highest BCUT2D eigenvalue weighted by Gasteiger charge is 2.30. The summed E-state index contributed by atoms with van der Waals surface area (Å²) in [5, 5.41) is 12.7. The average Bonchev–Trinajstić information content (AvgIpc) is 3.54. The van der Waals surface area contributed by atoms with Crippen LogP contribution in [0.15, 0.2) is 54.6 Å². The zero-order valence-electron chi connectivity index (χ0n) is 19.1. The van der Waals surface area contributed by atoms with Gasteiger partial charge in [0.25, 0.3) is 0 Å². The molecular formula is C27H24FN3O4. The van der Waals surface area contributed by atoms with Crippen LogP contribution >= 0.6 is 0 Å². The number of aliphatic carboxylic acids is 1. The second-order valence-corrected chi connectivity index (χ2v) is 8.91. The number of carbonyl (C=O) groups is 1. The standard InChI is InChI=1S/C27H24FN3O4/c1-2-25-30-20-9-6-16(28)11-23(20)31(25)22-5-3-4-19-21(14-35-27(19)22)29-17-7-8-18-15(10-26(32)33)13-34-24(18)12-17/h3-9,11-12,15,21,29H,2,10,13-14H2,1H3,(H,32,33)/t15-,21-/m1/s1. The Kier molecular flexibility index (Phi) is 5.09. The first-order chi connectivity index (χ1) is 17.0. The number of halogens is 1. The highest BCUT2D eigenvalue weighted by molar-refractivity contribution is 5.79. The van der Waals surface area contributed by atoms with Crippen LogP contribution in [0.5, 0.6) is 11.5 Å². The number of rotatable bonds is 6. The maximum atomic E-state index is 14.1. The van der Waals surface area contributed by atoms with E-state index in [1.54, 1.807) is 6.07 Å². The van der Waals surface area contributed by atoms with E-state index in [1.807, 2.05) is 47.9 Å². The van der Waals surface area contributed by atoms with E-state index in [1.165, 1.54) is 12.1 Å². The molecule has 0 spiro atoms. The number of hydrogen-bond acceptors (Lipinski definition) is 5. The Morgan fingerprint density at radius 1 is 1.14 bits per heavy atom. The number of nitrogens with zero attached hydrogens (tertiary/aromatic N) is 2. The van der Waals surface area contributed by atoms with Gasteiger partial charge in [-0.05, 0) is 24.3 Å². The molecule has 0 amide bonds. The number of fused-ring (bicyclic) bond motifs is 3. The fourth-order valence-corrected chi connectivity index (χ4v) is 5.08. The van der Waals surface area contributed by atoms with Crippen molar-refractivity contribution in [2.24, 2.45) is 0 Å². The van der Waals surface area contributed by atoms with Gasteiger partial charge in [-0.2, -0.15) is 0 Å². The number of ether oxygens (including phenoxy) is 2. The summed E-state index contributed by atoms with van der Waals surface area (Å²) in [6.07, 6.45) is 0.749. The average molecular weight is 474 g/mol. The summed E-state index contributed by atoms with van der Waals surface area (Å²) in [6.45, 7) is 2.84. The van der Waals surface area contributed by atoms with Gasteiger partial charge in [0.05, 0.1) is 35.8 Å². The minimum Gasteiger partial charge on any atom is -0.493 e. The smallest absolute Gasteiger partial charge is 0.304 e. The minimum atomic E-state index is -0.830. The van der Waals surface area contributed by atoms with E-state index in [9.17, 15) is 9.18 Å². The molecule has 2 aliphatic rings. The molecule has 6 rings (SSSR count). The van der Waals surface area contributed by atoms with Crippen LogP contribution in [0, 0.1) is 5.82 Å². The third kappa shape index (κ3) is 3.65. The summed E-state index contributed by atoms with van der Waals surface area (Å²) in [5.41, 5.74) is 5.10. The van der Waals surface area contributed by atoms with Crippen LogP contribution in [0.4, 0.5) is 10.1 Å². The summed E-state index contributed by atoms with van der Waals surface area (Å²) in [4.78, 5) is 15.8. The fourth-order valence-electron chi connectivity index (χ4n) is 5.08. The summed E-state index contributed by atoms with van der Waals surface area (Å²) in [7, 11) is 0. The SMILES string of the molecule is CCc1nc2ccc(F)cc2n1-c1cccc2c1OC[C@H]2Nc1ccc2c(c1)OC[C@H]2CC(=O)O. The van der Waals surface area contributed by atoms with Crippen LogP contribution in [0.2, 0.25) is 0 Å². The van der Waals surface area contributed by atoms with E-state index in [-0.39, 0.29) is 24.2 Å². The predicted octanol–water partition coefficient (Wildman–Crippen LogP) is 5.22. The Bertz CT molecular complexity index is 1460. The van der Waals surface area contributed by atoms with Crippen molar-refractivity contribution in [1.29, 1.82) is 0 Å². The topological polar surface area (TPSA) is 85.6 Å². The Morgan fingerprint density at radius 2 is 2.03 bits per heavy atom. The van der Waals surface area contributed by atoms with Crippen LogP contribution in [0.3, 0.4) is 0 Å². The van der Waals surface area contributed by atoms with Gasteiger partial charge in [0.15, 0.2) is 0 Å². The Balaban J connectivity index is 1.33. The van der Waals surface area contributed by atoms with Crippen molar-refractivity contribution in [3.05, 3.63) is 77.4 Å². The van der Waals surface area contributed by atoms with Crippen molar-refractivity contribution in [1.82, 2.24) is 9.55 Å². The monoisotopic (exact) mass is 473 g/mol. The third-order valence-electron chi connectivity index (χ3n) is 6.69. The highest BCUT2D eigenvalue weighted by atomic mass is 19.1. The molecule has 2 atom stereocenters. The largest absolute Gasteiger partial charge is 0.493 e. The van der Waals surface area contributed by atoms with Crippen molar-refractivity contribution in [2.45, 2.75) is 31.7 Å². The lowest BCUT2D eigenvalue weighted by atomic mass is 9.97. The molecule has 178 valence electrons. The first-order valence-corrected chi connectivity index (χ1v) is 11.7. The van der Waals surface area contributed by atoms with E-state index in [0.717, 1.165) is 39.6 Å². The molecular weight excluding hydrogens is 449 g/mol. The highest BCUT2D eigenvalue weighted by Crippen LogP contribution is 2.42. The van der Waals surface area contributed by atoms with Crippen LogP contribution < -0.4 is 14.8 Å². The van der Waals surface area contributed by atoms with Gasteiger partial charge in [-0.1, -0.05) is 25.1 Å². The van der Waals surface area contributed by atoms with E-state index in [0.29, 0.717) is 30.9 Å². The molecule has 35 heavy (non-hydrogen) atoms. The summed E-state index contributed by atoms with van der Waals surface area (Å²) >= 11 is 0. The maximum absolute atomic E-state index is 14.1. The number of carboxylic acid groups (broad SMARTS) is 1. The van der Waals surface area contributed by atoms with Gasteiger partial charge in [0.1, 0.15) is 29.7 Å². The Hall–Kier alpha value is -4.07. The van der Waals surface area contributed by atoms with Gasteiger partial charge in [0, 0.05) is 41.3 Å². The number of carboxylic acids is 1. The number of anilines is 1. The Morgan fingerprint density at radius 3 is 2.86 bits per heavy atom. The summed E-state index contributed by atoms with van der Waals surface area (Å²) in [5.74, 6) is 1.04. The van der Waals surface area contributed by atoms with Gasteiger partial charge in [-0.25, -0.2) is 9.37 Å². The van der Waals surface area contributed by atoms with Gasteiger partial charge >= 0.3 is 5.97 Å². The van der Waals surface area contributed by atoms with Gasteiger partial charge in [-0.3, -0.25) is 9.36 Å². The molecule has 1 aromatic heterocycles. The van der Waals surface area contributed by atoms with Crippen LogP contribution in [-0.4, -0.2) is 33.8 Å². The lowest BCUT2D eigenvalue weighted by Crippen LogP contribution is -2.11. The normalized spacial score (nSPS) is 18.1. The van der Waals surface area contributed by atoms with E-state index in [4.69, 9.17) is 19.6 Å². The third-order valence-corrected chi connectivity index (χ3v) is 6.69. The molecule has 3 heterocycles. The number of para-hydroxylation sites is 1. The lowest BCUT2D eigenvalue weighted by Gasteiger charge is -2.15.